The van der Waals surface area contributed by atoms with Crippen molar-refractivity contribution >= 4 is 34.6 Å². The van der Waals surface area contributed by atoms with Crippen LogP contribution in [0.3, 0.4) is 0 Å². The molecule has 0 bridgehead atoms. The van der Waals surface area contributed by atoms with Gasteiger partial charge in [0.2, 0.25) is 0 Å². The van der Waals surface area contributed by atoms with E-state index in [1.165, 1.54) is 5.56 Å². The number of nitrogens with one attached hydrogen (secondary N) is 1. The van der Waals surface area contributed by atoms with Crippen LogP contribution in [0.4, 0.5) is 11.4 Å². The zero-order chi connectivity index (χ0) is 19.0. The van der Waals surface area contributed by atoms with Crippen molar-refractivity contribution in [2.45, 2.75) is 13.8 Å². The second kappa shape index (κ2) is 6.89. The highest BCUT2D eigenvalue weighted by atomic mass is 35.5. The molecule has 134 valence electrons. The molecule has 0 atom stereocenters. The summed E-state index contributed by atoms with van der Waals surface area (Å²) in [6, 6.07) is 18.8. The second-order valence-electron chi connectivity index (χ2n) is 6.42. The Labute approximate surface area is 162 Å². The van der Waals surface area contributed by atoms with Crippen LogP contribution in [0.25, 0.3) is 0 Å². The molecule has 1 N–H and O–H groups in total. The first-order chi connectivity index (χ1) is 13.0. The average Bonchev–Trinajstić information content (AvgIpc) is 2.98. The average molecular weight is 377 g/mol. The third-order valence-electron chi connectivity index (χ3n) is 4.44. The van der Waals surface area contributed by atoms with E-state index in [-0.39, 0.29) is 5.91 Å². The quantitative estimate of drug-likeness (QED) is 0.625. The van der Waals surface area contributed by atoms with Gasteiger partial charge in [-0.05, 0) is 67.9 Å². The number of benzene rings is 3. The van der Waals surface area contributed by atoms with Gasteiger partial charge in [-0.15, -0.1) is 0 Å². The fraction of sp³-hybridized carbons (Fsp3) is 0.0909. The molecule has 0 spiro atoms. The van der Waals surface area contributed by atoms with Crippen LogP contribution in [0.2, 0.25) is 5.02 Å². The minimum Gasteiger partial charge on any atom is -0.457 e. The van der Waals surface area contributed by atoms with Gasteiger partial charge in [0.1, 0.15) is 17.2 Å². The van der Waals surface area contributed by atoms with Crippen molar-refractivity contribution in [3.05, 3.63) is 82.4 Å². The van der Waals surface area contributed by atoms with Crippen molar-refractivity contribution in [3.8, 4) is 11.5 Å². The fourth-order valence-corrected chi connectivity index (χ4v) is 3.07. The van der Waals surface area contributed by atoms with Gasteiger partial charge in [-0.25, -0.2) is 4.99 Å². The normalized spacial score (nSPS) is 14.2. The van der Waals surface area contributed by atoms with Gasteiger partial charge in [0.15, 0.2) is 0 Å². The van der Waals surface area contributed by atoms with Crippen molar-refractivity contribution in [1.29, 1.82) is 0 Å². The van der Waals surface area contributed by atoms with Crippen LogP contribution in [0, 0.1) is 13.8 Å². The number of aryl methyl sites for hydroxylation is 1. The molecule has 0 aliphatic carbocycles. The minimum atomic E-state index is -0.227. The molecule has 4 rings (SSSR count). The highest BCUT2D eigenvalue weighted by Gasteiger charge is 2.28. The van der Waals surface area contributed by atoms with E-state index >= 15 is 0 Å². The molecule has 3 aromatic rings. The number of amides is 1. The van der Waals surface area contributed by atoms with Gasteiger partial charge in [-0.1, -0.05) is 29.3 Å². The Bertz CT molecular complexity index is 1050. The first-order valence-corrected chi connectivity index (χ1v) is 8.93. The van der Waals surface area contributed by atoms with Crippen molar-refractivity contribution in [2.24, 2.45) is 4.99 Å². The molecule has 0 aromatic heterocycles. The Morgan fingerprint density at radius 1 is 0.889 bits per heavy atom. The molecular weight excluding hydrogens is 360 g/mol. The Kier molecular flexibility index (Phi) is 4.42. The third kappa shape index (κ3) is 3.44. The predicted octanol–water partition coefficient (Wildman–Crippen LogP) is 5.82. The number of ether oxygens (including phenoxy) is 1. The highest BCUT2D eigenvalue weighted by molar-refractivity contribution is 6.54. The van der Waals surface area contributed by atoms with Crippen LogP contribution < -0.4 is 10.1 Å². The molecule has 1 heterocycles. The SMILES string of the molecule is Cc1ccc(Oc2ccc(N=C3C(=O)Nc4c3ccc(Cl)c4C)cc2)cc1. The summed E-state index contributed by atoms with van der Waals surface area (Å²) in [6.45, 7) is 3.91. The summed E-state index contributed by atoms with van der Waals surface area (Å²) in [6.07, 6.45) is 0. The molecule has 0 saturated heterocycles. The topological polar surface area (TPSA) is 50.7 Å². The molecule has 3 aromatic carbocycles. The molecule has 0 unspecified atom stereocenters. The summed E-state index contributed by atoms with van der Waals surface area (Å²) in [5.41, 5.74) is 4.58. The molecule has 1 aliphatic heterocycles. The van der Waals surface area contributed by atoms with Gasteiger partial charge in [0, 0.05) is 10.6 Å². The van der Waals surface area contributed by atoms with E-state index in [0.717, 1.165) is 22.6 Å². The van der Waals surface area contributed by atoms with Crippen molar-refractivity contribution in [2.75, 3.05) is 5.32 Å². The third-order valence-corrected chi connectivity index (χ3v) is 4.85. The van der Waals surface area contributed by atoms with E-state index in [0.29, 0.717) is 22.2 Å². The fourth-order valence-electron chi connectivity index (χ4n) is 2.91. The highest BCUT2D eigenvalue weighted by Crippen LogP contribution is 2.33. The number of carbonyl (C=O) groups is 1. The van der Waals surface area contributed by atoms with Gasteiger partial charge in [-0.3, -0.25) is 4.79 Å². The summed E-state index contributed by atoms with van der Waals surface area (Å²) in [5, 5.41) is 3.46. The van der Waals surface area contributed by atoms with E-state index in [1.54, 1.807) is 6.07 Å². The molecule has 5 heteroatoms. The molecule has 4 nitrogen and oxygen atoms in total. The van der Waals surface area contributed by atoms with Gasteiger partial charge < -0.3 is 10.1 Å². The molecule has 1 aliphatic rings. The van der Waals surface area contributed by atoms with Crippen LogP contribution in [-0.2, 0) is 4.79 Å². The number of hydrogen-bond acceptors (Lipinski definition) is 3. The van der Waals surface area contributed by atoms with Crippen LogP contribution in [0.15, 0.2) is 65.7 Å². The molecule has 1 amide bonds. The molecule has 0 radical (unpaired) electrons. The number of carbonyl (C=O) groups excluding carboxylic acids is 1. The summed E-state index contributed by atoms with van der Waals surface area (Å²) < 4.78 is 5.82. The van der Waals surface area contributed by atoms with Gasteiger partial charge in [0.25, 0.3) is 5.91 Å². The standard InChI is InChI=1S/C22H17ClN2O2/c1-13-3-7-16(8-4-13)27-17-9-5-15(6-10-17)24-21-18-11-12-19(23)14(2)20(18)25-22(21)26/h3-12H,1-2H3,(H,24,25,26). The lowest BCUT2D eigenvalue weighted by molar-refractivity contribution is -0.110. The number of halogens is 1. The number of aliphatic imine (C=N–C) groups is 1. The smallest absolute Gasteiger partial charge is 0.275 e. The van der Waals surface area contributed by atoms with Gasteiger partial charge >= 0.3 is 0 Å². The van der Waals surface area contributed by atoms with Crippen molar-refractivity contribution in [3.63, 3.8) is 0 Å². The van der Waals surface area contributed by atoms with E-state index < -0.39 is 0 Å². The lowest BCUT2D eigenvalue weighted by Gasteiger charge is -2.06. The largest absolute Gasteiger partial charge is 0.457 e. The lowest BCUT2D eigenvalue weighted by atomic mass is 10.1. The Morgan fingerprint density at radius 3 is 2.19 bits per heavy atom. The van der Waals surface area contributed by atoms with Crippen LogP contribution in [-0.4, -0.2) is 11.6 Å². The molecule has 27 heavy (non-hydrogen) atoms. The van der Waals surface area contributed by atoms with Gasteiger partial charge in [0.05, 0.1) is 11.4 Å². The second-order valence-corrected chi connectivity index (χ2v) is 6.83. The zero-order valence-corrected chi connectivity index (χ0v) is 15.7. The Hall–Kier alpha value is -3.11. The van der Waals surface area contributed by atoms with Crippen LogP contribution in [0.5, 0.6) is 11.5 Å². The van der Waals surface area contributed by atoms with Gasteiger partial charge in [-0.2, -0.15) is 0 Å². The Balaban J connectivity index is 1.59. The van der Waals surface area contributed by atoms with E-state index in [9.17, 15) is 4.79 Å². The number of fused-ring (bicyclic) bond motifs is 1. The predicted molar refractivity (Wildman–Crippen MR) is 109 cm³/mol. The first kappa shape index (κ1) is 17.3. The van der Waals surface area contributed by atoms with E-state index in [4.69, 9.17) is 16.3 Å². The van der Waals surface area contributed by atoms with E-state index in [2.05, 4.69) is 10.3 Å². The van der Waals surface area contributed by atoms with E-state index in [1.807, 2.05) is 68.4 Å². The lowest BCUT2D eigenvalue weighted by Crippen LogP contribution is -2.13. The number of rotatable bonds is 3. The number of hydrogen-bond donors (Lipinski definition) is 1. The summed E-state index contributed by atoms with van der Waals surface area (Å²) in [5.74, 6) is 1.26. The minimum absolute atomic E-state index is 0.227. The maximum atomic E-state index is 12.3. The number of nitrogens with zero attached hydrogens (tertiary/aromatic N) is 1. The van der Waals surface area contributed by atoms with Crippen LogP contribution >= 0.6 is 11.6 Å². The Morgan fingerprint density at radius 2 is 1.52 bits per heavy atom. The molecule has 0 saturated carbocycles. The van der Waals surface area contributed by atoms with Crippen molar-refractivity contribution in [1.82, 2.24) is 0 Å². The first-order valence-electron chi connectivity index (χ1n) is 8.55. The zero-order valence-electron chi connectivity index (χ0n) is 14.9. The summed E-state index contributed by atoms with van der Waals surface area (Å²) in [4.78, 5) is 16.8. The molecular formula is C22H17ClN2O2. The van der Waals surface area contributed by atoms with Crippen LogP contribution in [0.1, 0.15) is 16.7 Å². The maximum Gasteiger partial charge on any atom is 0.275 e. The number of anilines is 1. The summed E-state index contributed by atoms with van der Waals surface area (Å²) >= 11 is 6.14. The molecule has 0 fully saturated rings. The van der Waals surface area contributed by atoms with Crippen molar-refractivity contribution < 1.29 is 9.53 Å². The monoisotopic (exact) mass is 376 g/mol. The maximum absolute atomic E-state index is 12.3. The summed E-state index contributed by atoms with van der Waals surface area (Å²) in [7, 11) is 0.